The second-order valence-electron chi connectivity index (χ2n) is 6.45. The van der Waals surface area contributed by atoms with Crippen LogP contribution in [-0.2, 0) is 14.3 Å². The van der Waals surface area contributed by atoms with Gasteiger partial charge in [-0.15, -0.1) is 0 Å². The number of carbonyl (C=O) groups is 3. The Bertz CT molecular complexity index is 830. The van der Waals surface area contributed by atoms with Crippen molar-refractivity contribution in [2.75, 3.05) is 13.2 Å². The van der Waals surface area contributed by atoms with Gasteiger partial charge in [-0.1, -0.05) is 6.92 Å². The van der Waals surface area contributed by atoms with Gasteiger partial charge in [0.15, 0.2) is 0 Å². The molecule has 8 heteroatoms. The number of amides is 1. The van der Waals surface area contributed by atoms with Gasteiger partial charge in [0.25, 0.3) is 5.91 Å². The van der Waals surface area contributed by atoms with E-state index in [2.05, 4.69) is 15.5 Å². The maximum absolute atomic E-state index is 12.4. The van der Waals surface area contributed by atoms with E-state index in [0.29, 0.717) is 17.0 Å². The monoisotopic (exact) mass is 359 g/mol. The number of rotatable bonds is 6. The highest BCUT2D eigenvalue weighted by Gasteiger charge is 2.47. The quantitative estimate of drug-likeness (QED) is 0.596. The molecule has 0 spiro atoms. The molecule has 0 bridgehead atoms. The molecule has 1 saturated carbocycles. The van der Waals surface area contributed by atoms with Crippen LogP contribution in [0.4, 0.5) is 0 Å². The summed E-state index contributed by atoms with van der Waals surface area (Å²) in [5.74, 6) is -1.62. The molecule has 1 aliphatic carbocycles. The minimum absolute atomic E-state index is 0.0535. The number of hydrogen-bond donors (Lipinski definition) is 2. The van der Waals surface area contributed by atoms with Crippen LogP contribution >= 0.6 is 0 Å². The van der Waals surface area contributed by atoms with E-state index in [0.717, 1.165) is 12.8 Å². The minimum Gasteiger partial charge on any atom is -0.462 e. The van der Waals surface area contributed by atoms with E-state index in [1.807, 2.05) is 6.92 Å². The van der Waals surface area contributed by atoms with Crippen LogP contribution in [0.5, 0.6) is 0 Å². The lowest BCUT2D eigenvalue weighted by Crippen LogP contribution is -2.18. The Morgan fingerprint density at radius 2 is 1.88 bits per heavy atom. The number of hydrazone groups is 1. The van der Waals surface area contributed by atoms with Crippen molar-refractivity contribution in [3.8, 4) is 0 Å². The fraction of sp³-hybridized carbons (Fsp3) is 0.444. The van der Waals surface area contributed by atoms with Gasteiger partial charge in [0.1, 0.15) is 0 Å². The van der Waals surface area contributed by atoms with Crippen molar-refractivity contribution in [3.05, 3.63) is 28.6 Å². The molecule has 0 saturated heterocycles. The standard InChI is InChI=1S/C18H21N3O5/c1-4-25-16(23)11-9-19-12(13(11)17(24)26-5-2)8-10-14(18(3)6-7-18)20-21-15(10)22/h8-9,19H,4-7H2,1-3H3,(H,21,22). The third kappa shape index (κ3) is 3.14. The molecule has 138 valence electrons. The maximum atomic E-state index is 12.4. The SMILES string of the molecule is CCOC(=O)c1c[nH]c(C=C2C(=O)NN=C2C2(C)CC2)c1C(=O)OCC. The number of nitrogens with one attached hydrogen (secondary N) is 2. The minimum atomic E-state index is -0.654. The molecule has 3 rings (SSSR count). The summed E-state index contributed by atoms with van der Waals surface area (Å²) in [5.41, 5.74) is 3.83. The van der Waals surface area contributed by atoms with Gasteiger partial charge >= 0.3 is 11.9 Å². The number of nitrogens with zero attached hydrogens (tertiary/aromatic N) is 1. The Morgan fingerprint density at radius 1 is 1.23 bits per heavy atom. The molecule has 0 aromatic carbocycles. The molecular formula is C18H21N3O5. The lowest BCUT2D eigenvalue weighted by atomic mass is 9.94. The van der Waals surface area contributed by atoms with E-state index in [4.69, 9.17) is 9.47 Å². The first-order valence-corrected chi connectivity index (χ1v) is 8.57. The summed E-state index contributed by atoms with van der Waals surface area (Å²) in [4.78, 5) is 39.6. The zero-order valence-electron chi connectivity index (χ0n) is 15.0. The summed E-state index contributed by atoms with van der Waals surface area (Å²) >= 11 is 0. The highest BCUT2D eigenvalue weighted by Crippen LogP contribution is 2.49. The van der Waals surface area contributed by atoms with Crippen molar-refractivity contribution in [3.63, 3.8) is 0 Å². The highest BCUT2D eigenvalue weighted by molar-refractivity contribution is 6.30. The van der Waals surface area contributed by atoms with Crippen molar-refractivity contribution in [1.82, 2.24) is 10.4 Å². The third-order valence-corrected chi connectivity index (χ3v) is 4.51. The number of carbonyl (C=O) groups excluding carboxylic acids is 3. The van der Waals surface area contributed by atoms with Gasteiger partial charge in [0, 0.05) is 11.6 Å². The van der Waals surface area contributed by atoms with E-state index in [9.17, 15) is 14.4 Å². The number of ether oxygens (including phenoxy) is 2. The summed E-state index contributed by atoms with van der Waals surface area (Å²) in [6.07, 6.45) is 4.82. The Hall–Kier alpha value is -2.90. The Labute approximate surface area is 150 Å². The lowest BCUT2D eigenvalue weighted by molar-refractivity contribution is -0.116. The second kappa shape index (κ2) is 6.78. The van der Waals surface area contributed by atoms with E-state index >= 15 is 0 Å². The molecule has 1 amide bonds. The average Bonchev–Trinajstić information content (AvgIpc) is 3.04. The van der Waals surface area contributed by atoms with Crippen molar-refractivity contribution >= 4 is 29.6 Å². The molecule has 1 aromatic rings. The highest BCUT2D eigenvalue weighted by atomic mass is 16.5. The summed E-state index contributed by atoms with van der Waals surface area (Å²) in [6, 6.07) is 0. The van der Waals surface area contributed by atoms with Crippen LogP contribution in [0.2, 0.25) is 0 Å². The summed E-state index contributed by atoms with van der Waals surface area (Å²) < 4.78 is 10.1. The van der Waals surface area contributed by atoms with E-state index < -0.39 is 11.9 Å². The molecule has 2 heterocycles. The molecule has 2 aliphatic rings. The molecule has 1 aromatic heterocycles. The largest absolute Gasteiger partial charge is 0.462 e. The summed E-state index contributed by atoms with van der Waals surface area (Å²) in [6.45, 7) is 5.73. The van der Waals surface area contributed by atoms with Crippen molar-refractivity contribution < 1.29 is 23.9 Å². The molecule has 0 radical (unpaired) electrons. The van der Waals surface area contributed by atoms with Crippen molar-refractivity contribution in [2.24, 2.45) is 10.5 Å². The Kier molecular flexibility index (Phi) is 4.67. The van der Waals surface area contributed by atoms with Gasteiger partial charge in [0.2, 0.25) is 0 Å². The first kappa shape index (κ1) is 17.9. The molecule has 1 fully saturated rings. The lowest BCUT2D eigenvalue weighted by Gasteiger charge is -2.08. The molecule has 2 N–H and O–H groups in total. The predicted octanol–water partition coefficient (Wildman–Crippen LogP) is 2.04. The zero-order chi connectivity index (χ0) is 18.9. The van der Waals surface area contributed by atoms with Crippen LogP contribution < -0.4 is 5.43 Å². The van der Waals surface area contributed by atoms with E-state index in [1.54, 1.807) is 19.9 Å². The zero-order valence-corrected chi connectivity index (χ0v) is 15.0. The van der Waals surface area contributed by atoms with Crippen LogP contribution in [0.25, 0.3) is 6.08 Å². The maximum Gasteiger partial charge on any atom is 0.341 e. The van der Waals surface area contributed by atoms with Gasteiger partial charge in [0.05, 0.1) is 41.3 Å². The fourth-order valence-electron chi connectivity index (χ4n) is 2.84. The number of H-pyrrole nitrogens is 1. The summed E-state index contributed by atoms with van der Waals surface area (Å²) in [7, 11) is 0. The number of hydrogen-bond acceptors (Lipinski definition) is 6. The summed E-state index contributed by atoms with van der Waals surface area (Å²) in [5, 5.41) is 4.14. The topological polar surface area (TPSA) is 110 Å². The number of aromatic nitrogens is 1. The first-order valence-electron chi connectivity index (χ1n) is 8.57. The van der Waals surface area contributed by atoms with Crippen LogP contribution in [0, 0.1) is 5.41 Å². The third-order valence-electron chi connectivity index (χ3n) is 4.51. The second-order valence-corrected chi connectivity index (χ2v) is 6.45. The van der Waals surface area contributed by atoms with Gasteiger partial charge in [-0.05, 0) is 32.8 Å². The van der Waals surface area contributed by atoms with Crippen LogP contribution in [0.3, 0.4) is 0 Å². The molecular weight excluding hydrogens is 338 g/mol. The van der Waals surface area contributed by atoms with Crippen LogP contribution in [-0.4, -0.2) is 41.8 Å². The fourth-order valence-corrected chi connectivity index (χ4v) is 2.84. The van der Waals surface area contributed by atoms with E-state index in [1.165, 1.54) is 6.20 Å². The Balaban J connectivity index is 2.04. The first-order chi connectivity index (χ1) is 12.4. The number of esters is 2. The van der Waals surface area contributed by atoms with Crippen molar-refractivity contribution in [1.29, 1.82) is 0 Å². The molecule has 0 atom stereocenters. The van der Waals surface area contributed by atoms with Crippen LogP contribution in [0.15, 0.2) is 16.9 Å². The van der Waals surface area contributed by atoms with Gasteiger partial charge in [-0.3, -0.25) is 4.79 Å². The average molecular weight is 359 g/mol. The van der Waals surface area contributed by atoms with Crippen molar-refractivity contribution in [2.45, 2.75) is 33.6 Å². The van der Waals surface area contributed by atoms with E-state index in [-0.39, 0.29) is 35.7 Å². The molecule has 8 nitrogen and oxygen atoms in total. The normalized spacial score (nSPS) is 19.1. The predicted molar refractivity (Wildman–Crippen MR) is 93.6 cm³/mol. The van der Waals surface area contributed by atoms with Gasteiger partial charge in [-0.2, -0.15) is 5.10 Å². The Morgan fingerprint density at radius 3 is 2.50 bits per heavy atom. The molecule has 26 heavy (non-hydrogen) atoms. The number of aromatic amines is 1. The molecule has 1 aliphatic heterocycles. The molecule has 0 unspecified atom stereocenters. The van der Waals surface area contributed by atoms with Gasteiger partial charge < -0.3 is 14.5 Å². The smallest absolute Gasteiger partial charge is 0.341 e. The van der Waals surface area contributed by atoms with Gasteiger partial charge in [-0.25, -0.2) is 15.0 Å². The van der Waals surface area contributed by atoms with Crippen LogP contribution in [0.1, 0.15) is 60.0 Å².